The number of aryl methyl sites for hydroxylation is 1. The molecular weight excluding hydrogens is 282 g/mol. The molecule has 0 saturated carbocycles. The maximum absolute atomic E-state index is 12.0. The predicted octanol–water partition coefficient (Wildman–Crippen LogP) is 0.498. The highest BCUT2D eigenvalue weighted by Gasteiger charge is 2.20. The number of fused-ring (bicyclic) bond motifs is 1. The number of H-pyrrole nitrogens is 1. The van der Waals surface area contributed by atoms with Crippen LogP contribution in [0.15, 0.2) is 4.79 Å². The number of esters is 1. The number of nitrogens with zero attached hydrogens (tertiary/aromatic N) is 1. The summed E-state index contributed by atoms with van der Waals surface area (Å²) >= 11 is 1.07. The Hall–Kier alpha value is -2.22. The normalized spacial score (nSPS) is 10.7. The SMILES string of the molecule is CCOC(=O)c1sc2nc(CC(N)=O)[nH]c(=O)c2c1C. The molecule has 3 N–H and O–H groups in total. The number of aromatic amines is 1. The van der Waals surface area contributed by atoms with Crippen molar-refractivity contribution < 1.29 is 14.3 Å². The number of nitrogens with one attached hydrogen (secondary N) is 1. The summed E-state index contributed by atoms with van der Waals surface area (Å²) in [4.78, 5) is 42.0. The molecule has 0 radical (unpaired) electrons. The number of carbonyl (C=O) groups is 2. The van der Waals surface area contributed by atoms with Crippen molar-refractivity contribution in [1.82, 2.24) is 9.97 Å². The van der Waals surface area contributed by atoms with Gasteiger partial charge in [0.1, 0.15) is 15.5 Å². The van der Waals surface area contributed by atoms with Crippen molar-refractivity contribution in [2.45, 2.75) is 20.3 Å². The average molecular weight is 295 g/mol. The monoisotopic (exact) mass is 295 g/mol. The van der Waals surface area contributed by atoms with E-state index in [9.17, 15) is 14.4 Å². The van der Waals surface area contributed by atoms with Crippen LogP contribution in [0.3, 0.4) is 0 Å². The molecule has 8 heteroatoms. The van der Waals surface area contributed by atoms with E-state index in [1.54, 1.807) is 13.8 Å². The zero-order valence-corrected chi connectivity index (χ0v) is 11.8. The minimum absolute atomic E-state index is 0.156. The Labute approximate surface area is 117 Å². The first-order chi connectivity index (χ1) is 9.43. The molecule has 0 unspecified atom stereocenters. The first-order valence-corrected chi connectivity index (χ1v) is 6.73. The second-order valence-corrected chi connectivity index (χ2v) is 5.11. The highest BCUT2D eigenvalue weighted by molar-refractivity contribution is 7.20. The van der Waals surface area contributed by atoms with Gasteiger partial charge in [-0.25, -0.2) is 9.78 Å². The average Bonchev–Trinajstić information content (AvgIpc) is 2.66. The quantitative estimate of drug-likeness (QED) is 0.797. The number of nitrogens with two attached hydrogens (primary N) is 1. The Morgan fingerprint density at radius 1 is 1.45 bits per heavy atom. The van der Waals surface area contributed by atoms with E-state index in [1.807, 2.05) is 0 Å². The number of thiophene rings is 1. The highest BCUT2D eigenvalue weighted by atomic mass is 32.1. The van der Waals surface area contributed by atoms with E-state index >= 15 is 0 Å². The fourth-order valence-electron chi connectivity index (χ4n) is 1.83. The molecular formula is C12H13N3O4S. The molecule has 0 aliphatic rings. The van der Waals surface area contributed by atoms with Gasteiger partial charge in [-0.2, -0.15) is 0 Å². The van der Waals surface area contributed by atoms with Crippen LogP contribution in [0.4, 0.5) is 0 Å². The van der Waals surface area contributed by atoms with Gasteiger partial charge in [0.05, 0.1) is 18.4 Å². The van der Waals surface area contributed by atoms with E-state index < -0.39 is 17.4 Å². The molecule has 0 bridgehead atoms. The van der Waals surface area contributed by atoms with Gasteiger partial charge in [-0.05, 0) is 19.4 Å². The lowest BCUT2D eigenvalue weighted by atomic mass is 10.2. The van der Waals surface area contributed by atoms with Gasteiger partial charge < -0.3 is 15.5 Å². The largest absolute Gasteiger partial charge is 0.462 e. The van der Waals surface area contributed by atoms with Gasteiger partial charge >= 0.3 is 5.97 Å². The summed E-state index contributed by atoms with van der Waals surface area (Å²) in [6, 6.07) is 0. The van der Waals surface area contributed by atoms with Gasteiger partial charge in [0.15, 0.2) is 0 Å². The summed E-state index contributed by atoms with van der Waals surface area (Å²) < 4.78 is 4.93. The van der Waals surface area contributed by atoms with Gasteiger partial charge in [0, 0.05) is 0 Å². The van der Waals surface area contributed by atoms with Crippen LogP contribution in [0, 0.1) is 6.92 Å². The van der Waals surface area contributed by atoms with E-state index in [0.29, 0.717) is 20.7 Å². The summed E-state index contributed by atoms with van der Waals surface area (Å²) in [5, 5.41) is 0.339. The maximum atomic E-state index is 12.0. The fraction of sp³-hybridized carbons (Fsp3) is 0.333. The van der Waals surface area contributed by atoms with Crippen molar-refractivity contribution >= 4 is 33.4 Å². The second kappa shape index (κ2) is 5.41. The predicted molar refractivity (Wildman–Crippen MR) is 73.8 cm³/mol. The van der Waals surface area contributed by atoms with Crippen molar-refractivity contribution in [2.75, 3.05) is 6.61 Å². The molecule has 0 aromatic carbocycles. The standard InChI is InChI=1S/C12H13N3O4S/c1-3-19-12(18)9-5(2)8-10(17)14-7(4-6(13)16)15-11(8)20-9/h3-4H2,1-2H3,(H2,13,16)(H,14,15,17). The first-order valence-electron chi connectivity index (χ1n) is 5.91. The van der Waals surface area contributed by atoms with Crippen molar-refractivity contribution in [2.24, 2.45) is 5.73 Å². The zero-order chi connectivity index (χ0) is 14.9. The minimum atomic E-state index is -0.591. The van der Waals surface area contributed by atoms with Crippen LogP contribution in [0.1, 0.15) is 28.0 Å². The molecule has 0 aliphatic heterocycles. The third kappa shape index (κ3) is 2.55. The molecule has 0 saturated heterocycles. The molecule has 2 aromatic rings. The Balaban J connectivity index is 2.59. The lowest BCUT2D eigenvalue weighted by molar-refractivity contribution is -0.117. The smallest absolute Gasteiger partial charge is 0.348 e. The van der Waals surface area contributed by atoms with E-state index in [-0.39, 0.29) is 18.9 Å². The van der Waals surface area contributed by atoms with Gasteiger partial charge in [-0.1, -0.05) is 0 Å². The van der Waals surface area contributed by atoms with Crippen LogP contribution in [0.25, 0.3) is 10.2 Å². The van der Waals surface area contributed by atoms with E-state index in [2.05, 4.69) is 9.97 Å². The molecule has 1 amide bonds. The molecule has 2 aromatic heterocycles. The molecule has 106 valence electrons. The maximum Gasteiger partial charge on any atom is 0.348 e. The van der Waals surface area contributed by atoms with Crippen LogP contribution >= 0.6 is 11.3 Å². The van der Waals surface area contributed by atoms with Crippen molar-refractivity contribution in [3.05, 3.63) is 26.6 Å². The Bertz CT molecular complexity index is 747. The van der Waals surface area contributed by atoms with Crippen LogP contribution in [0.5, 0.6) is 0 Å². The summed E-state index contributed by atoms with van der Waals surface area (Å²) in [7, 11) is 0. The number of rotatable bonds is 4. The molecule has 2 heterocycles. The summed E-state index contributed by atoms with van der Waals surface area (Å²) in [5.74, 6) is -0.887. The van der Waals surface area contributed by atoms with Crippen LogP contribution in [-0.4, -0.2) is 28.5 Å². The Morgan fingerprint density at radius 2 is 2.15 bits per heavy atom. The lowest BCUT2D eigenvalue weighted by Gasteiger charge is -1.99. The number of hydrogen-bond donors (Lipinski definition) is 2. The number of carbonyl (C=O) groups excluding carboxylic acids is 2. The molecule has 0 spiro atoms. The van der Waals surface area contributed by atoms with Crippen molar-refractivity contribution in [3.63, 3.8) is 0 Å². The summed E-state index contributed by atoms with van der Waals surface area (Å²) in [6.07, 6.45) is -0.156. The first kappa shape index (κ1) is 14.2. The number of primary amides is 1. The minimum Gasteiger partial charge on any atom is -0.462 e. The van der Waals surface area contributed by atoms with E-state index in [0.717, 1.165) is 11.3 Å². The number of ether oxygens (including phenoxy) is 1. The fourth-order valence-corrected chi connectivity index (χ4v) is 2.92. The lowest BCUT2D eigenvalue weighted by Crippen LogP contribution is -2.19. The van der Waals surface area contributed by atoms with Crippen LogP contribution in [-0.2, 0) is 16.0 Å². The third-order valence-corrected chi connectivity index (χ3v) is 3.82. The van der Waals surface area contributed by atoms with Gasteiger partial charge in [-0.15, -0.1) is 11.3 Å². The van der Waals surface area contributed by atoms with E-state index in [1.165, 1.54) is 0 Å². The van der Waals surface area contributed by atoms with Gasteiger partial charge in [-0.3, -0.25) is 9.59 Å². The molecule has 0 atom stereocenters. The van der Waals surface area contributed by atoms with E-state index in [4.69, 9.17) is 10.5 Å². The Kier molecular flexibility index (Phi) is 3.84. The molecule has 20 heavy (non-hydrogen) atoms. The number of amides is 1. The van der Waals surface area contributed by atoms with Crippen molar-refractivity contribution in [1.29, 1.82) is 0 Å². The van der Waals surface area contributed by atoms with Crippen LogP contribution in [0.2, 0.25) is 0 Å². The number of hydrogen-bond acceptors (Lipinski definition) is 6. The third-order valence-electron chi connectivity index (χ3n) is 2.65. The Morgan fingerprint density at radius 3 is 2.75 bits per heavy atom. The summed E-state index contributed by atoms with van der Waals surface area (Å²) in [5.41, 5.74) is 5.21. The topological polar surface area (TPSA) is 115 Å². The van der Waals surface area contributed by atoms with Gasteiger partial charge in [0.25, 0.3) is 5.56 Å². The molecule has 7 nitrogen and oxygen atoms in total. The molecule has 0 aliphatic carbocycles. The van der Waals surface area contributed by atoms with Crippen LogP contribution < -0.4 is 11.3 Å². The zero-order valence-electron chi connectivity index (χ0n) is 11.0. The highest BCUT2D eigenvalue weighted by Crippen LogP contribution is 2.27. The number of aromatic nitrogens is 2. The molecule has 0 fully saturated rings. The van der Waals surface area contributed by atoms with Crippen molar-refractivity contribution in [3.8, 4) is 0 Å². The second-order valence-electron chi connectivity index (χ2n) is 4.11. The molecule has 2 rings (SSSR count). The van der Waals surface area contributed by atoms with Gasteiger partial charge in [0.2, 0.25) is 5.91 Å². The summed E-state index contributed by atoms with van der Waals surface area (Å²) in [6.45, 7) is 3.62.